The quantitative estimate of drug-likeness (QED) is 0.462. The van der Waals surface area contributed by atoms with E-state index in [4.69, 9.17) is 4.74 Å². The van der Waals surface area contributed by atoms with Crippen molar-refractivity contribution in [2.75, 3.05) is 31.5 Å². The molecule has 0 radical (unpaired) electrons. The second-order valence-electron chi connectivity index (χ2n) is 9.73. The molecule has 0 unspecified atom stereocenters. The van der Waals surface area contributed by atoms with Crippen molar-refractivity contribution in [2.24, 2.45) is 5.92 Å². The number of hydrogen-bond donors (Lipinski definition) is 3. The van der Waals surface area contributed by atoms with Crippen molar-refractivity contribution >= 4 is 39.0 Å². The van der Waals surface area contributed by atoms with Crippen LogP contribution >= 0.6 is 11.3 Å². The Bertz CT molecular complexity index is 1190. The topological polar surface area (TPSA) is 128 Å². The number of aliphatic hydroxyl groups is 1. The zero-order valence-electron chi connectivity index (χ0n) is 21.8. The van der Waals surface area contributed by atoms with Gasteiger partial charge in [-0.1, -0.05) is 13.0 Å². The average molecular weight is 553 g/mol. The highest BCUT2D eigenvalue weighted by Gasteiger charge is 2.32. The molecule has 1 aliphatic rings. The van der Waals surface area contributed by atoms with Crippen LogP contribution in [0.25, 0.3) is 0 Å². The van der Waals surface area contributed by atoms with Gasteiger partial charge in [0.25, 0.3) is 10.0 Å². The maximum Gasteiger partial charge on any atom is 0.317 e. The van der Waals surface area contributed by atoms with Crippen LogP contribution in [0.1, 0.15) is 33.3 Å². The molecule has 12 heteroatoms. The van der Waals surface area contributed by atoms with Gasteiger partial charge in [-0.2, -0.15) is 0 Å². The number of anilines is 1. The normalized spacial score (nSPS) is 19.2. The number of sulfonamides is 1. The molecule has 2 aromatic rings. The highest BCUT2D eigenvalue weighted by Crippen LogP contribution is 2.30. The van der Waals surface area contributed by atoms with Crippen molar-refractivity contribution in [1.29, 1.82) is 0 Å². The number of likely N-dealkylation sites (N-methyl/N-ethyl adjacent to an activating group) is 1. The molecule has 2 heterocycles. The second kappa shape index (κ2) is 12.1. The summed E-state index contributed by atoms with van der Waals surface area (Å²) in [4.78, 5) is 29.0. The van der Waals surface area contributed by atoms with Crippen molar-refractivity contribution in [3.63, 3.8) is 0 Å². The zero-order chi connectivity index (χ0) is 27.3. The van der Waals surface area contributed by atoms with Gasteiger partial charge in [-0.15, -0.1) is 11.3 Å². The van der Waals surface area contributed by atoms with E-state index in [9.17, 15) is 23.1 Å². The first kappa shape index (κ1) is 28.7. The molecule has 37 heavy (non-hydrogen) atoms. The largest absolute Gasteiger partial charge is 0.488 e. The van der Waals surface area contributed by atoms with Crippen LogP contribution in [0.2, 0.25) is 0 Å². The lowest BCUT2D eigenvalue weighted by atomic mass is 10.0. The average Bonchev–Trinajstić information content (AvgIpc) is 3.38. The number of benzene rings is 1. The molecule has 3 N–H and O–H groups in total. The first-order valence-electron chi connectivity index (χ1n) is 12.2. The Balaban J connectivity index is 1.95. The molecule has 0 spiro atoms. The van der Waals surface area contributed by atoms with Gasteiger partial charge in [-0.3, -0.25) is 9.52 Å². The fourth-order valence-corrected chi connectivity index (χ4v) is 6.09. The second-order valence-corrected chi connectivity index (χ2v) is 12.6. The van der Waals surface area contributed by atoms with E-state index in [2.05, 4.69) is 10.0 Å². The van der Waals surface area contributed by atoms with E-state index in [1.807, 2.05) is 20.8 Å². The van der Waals surface area contributed by atoms with Crippen molar-refractivity contribution in [3.05, 3.63) is 41.3 Å². The molecule has 0 fully saturated rings. The number of ether oxygens (including phenoxy) is 1. The van der Waals surface area contributed by atoms with Gasteiger partial charge >= 0.3 is 6.03 Å². The molecule has 0 aliphatic carbocycles. The number of rotatable bonds is 8. The Hall–Kier alpha value is -2.83. The fraction of sp³-hybridized carbons (Fsp3) is 0.520. The third kappa shape index (κ3) is 7.36. The minimum atomic E-state index is -3.77. The van der Waals surface area contributed by atoms with Gasteiger partial charge in [0.15, 0.2) is 0 Å². The number of aliphatic hydroxyl groups excluding tert-OH is 1. The Morgan fingerprint density at radius 3 is 2.65 bits per heavy atom. The van der Waals surface area contributed by atoms with Crippen molar-refractivity contribution in [2.45, 2.75) is 56.5 Å². The SMILES string of the molecule is CC(C)NC(=O)N(C)C[C@@H]1Oc2ccc(NS(=O)(=O)c3cccs3)cc2CC(=O)N([C@@H](C)CO)C[C@H]1C. The molecule has 10 nitrogen and oxygen atoms in total. The summed E-state index contributed by atoms with van der Waals surface area (Å²) in [5.41, 5.74) is 0.822. The van der Waals surface area contributed by atoms with Gasteiger partial charge in [-0.05, 0) is 50.4 Å². The van der Waals surface area contributed by atoms with Crippen LogP contribution in [0.5, 0.6) is 5.75 Å². The first-order valence-corrected chi connectivity index (χ1v) is 14.6. The monoisotopic (exact) mass is 552 g/mol. The van der Waals surface area contributed by atoms with Crippen LogP contribution in [0.3, 0.4) is 0 Å². The smallest absolute Gasteiger partial charge is 0.317 e. The lowest BCUT2D eigenvalue weighted by Crippen LogP contribution is -2.49. The first-order chi connectivity index (χ1) is 17.4. The highest BCUT2D eigenvalue weighted by molar-refractivity contribution is 7.94. The molecule has 204 valence electrons. The Kier molecular flexibility index (Phi) is 9.43. The summed E-state index contributed by atoms with van der Waals surface area (Å²) in [6.07, 6.45) is -0.494. The van der Waals surface area contributed by atoms with Crippen LogP contribution in [0.4, 0.5) is 10.5 Å². The van der Waals surface area contributed by atoms with E-state index in [-0.39, 0.29) is 47.7 Å². The van der Waals surface area contributed by atoms with E-state index in [1.165, 1.54) is 6.07 Å². The summed E-state index contributed by atoms with van der Waals surface area (Å²) in [6.45, 7) is 7.87. The molecule has 0 saturated carbocycles. The molecule has 0 saturated heterocycles. The van der Waals surface area contributed by atoms with E-state index < -0.39 is 22.2 Å². The predicted octanol–water partition coefficient (Wildman–Crippen LogP) is 2.75. The number of nitrogens with zero attached hydrogens (tertiary/aromatic N) is 2. The van der Waals surface area contributed by atoms with E-state index in [1.54, 1.807) is 53.4 Å². The van der Waals surface area contributed by atoms with Gasteiger partial charge in [-0.25, -0.2) is 13.2 Å². The van der Waals surface area contributed by atoms with Gasteiger partial charge < -0.3 is 25.0 Å². The van der Waals surface area contributed by atoms with Crippen molar-refractivity contribution in [1.82, 2.24) is 15.1 Å². The van der Waals surface area contributed by atoms with Crippen LogP contribution in [-0.2, 0) is 21.2 Å². The standard InChI is InChI=1S/C25H36N4O6S2/c1-16(2)26-25(32)28(5)14-22-17(3)13-29(18(4)15-30)23(31)12-19-11-20(8-9-21(19)35-22)27-37(33,34)24-7-6-10-36-24/h6-11,16-18,22,27,30H,12-15H2,1-5H3,(H,26,32)/t17-,18+,22+/m1/s1. The molecule has 3 atom stereocenters. The molecular weight excluding hydrogens is 516 g/mol. The molecule has 1 aromatic heterocycles. The summed E-state index contributed by atoms with van der Waals surface area (Å²) in [5.74, 6) is 0.0683. The number of nitrogens with one attached hydrogen (secondary N) is 2. The summed E-state index contributed by atoms with van der Waals surface area (Å²) < 4.78 is 34.6. The Morgan fingerprint density at radius 1 is 1.30 bits per heavy atom. The molecule has 3 amide bonds. The van der Waals surface area contributed by atoms with Crippen LogP contribution < -0.4 is 14.8 Å². The number of amides is 3. The lowest BCUT2D eigenvalue weighted by Gasteiger charge is -2.34. The van der Waals surface area contributed by atoms with Gasteiger partial charge in [0.1, 0.15) is 16.1 Å². The minimum Gasteiger partial charge on any atom is -0.488 e. The van der Waals surface area contributed by atoms with Gasteiger partial charge in [0.2, 0.25) is 5.91 Å². The van der Waals surface area contributed by atoms with Crippen LogP contribution in [0, 0.1) is 5.92 Å². The fourth-order valence-electron chi connectivity index (χ4n) is 4.04. The van der Waals surface area contributed by atoms with E-state index in [0.29, 0.717) is 23.5 Å². The number of hydrogen-bond acceptors (Lipinski definition) is 7. The molecular formula is C25H36N4O6S2. The highest BCUT2D eigenvalue weighted by atomic mass is 32.2. The summed E-state index contributed by atoms with van der Waals surface area (Å²) in [6, 6.07) is 7.34. The maximum atomic E-state index is 13.3. The molecule has 1 aromatic carbocycles. The van der Waals surface area contributed by atoms with E-state index >= 15 is 0 Å². The van der Waals surface area contributed by atoms with Gasteiger partial charge in [0, 0.05) is 36.8 Å². The third-order valence-corrected chi connectivity index (χ3v) is 8.92. The van der Waals surface area contributed by atoms with Crippen molar-refractivity contribution in [3.8, 4) is 5.75 Å². The third-order valence-electron chi connectivity index (χ3n) is 6.14. The number of carbonyl (C=O) groups is 2. The number of thiophene rings is 1. The summed E-state index contributed by atoms with van der Waals surface area (Å²) in [5, 5.41) is 14.3. The number of urea groups is 1. The Labute approximate surface area is 222 Å². The summed E-state index contributed by atoms with van der Waals surface area (Å²) in [7, 11) is -2.08. The van der Waals surface area contributed by atoms with Crippen molar-refractivity contribution < 1.29 is 27.9 Å². The molecule has 1 aliphatic heterocycles. The molecule has 0 bridgehead atoms. The summed E-state index contributed by atoms with van der Waals surface area (Å²) >= 11 is 1.11. The number of carbonyl (C=O) groups excluding carboxylic acids is 2. The predicted molar refractivity (Wildman–Crippen MR) is 143 cm³/mol. The number of fused-ring (bicyclic) bond motifs is 1. The minimum absolute atomic E-state index is 0.0237. The zero-order valence-corrected chi connectivity index (χ0v) is 23.4. The molecule has 3 rings (SSSR count). The lowest BCUT2D eigenvalue weighted by molar-refractivity contribution is -0.134. The Morgan fingerprint density at radius 2 is 2.03 bits per heavy atom. The van der Waals surface area contributed by atoms with Gasteiger partial charge in [0.05, 0.1) is 25.6 Å². The van der Waals surface area contributed by atoms with Crippen LogP contribution in [-0.4, -0.2) is 80.2 Å². The maximum absolute atomic E-state index is 13.3. The van der Waals surface area contributed by atoms with Crippen LogP contribution in [0.15, 0.2) is 39.9 Å². The van der Waals surface area contributed by atoms with E-state index in [0.717, 1.165) is 11.3 Å².